The smallest absolute Gasteiger partial charge is 0.387 e. The first kappa shape index (κ1) is 25.4. The minimum absolute atomic E-state index is 0.0329. The summed E-state index contributed by atoms with van der Waals surface area (Å²) in [7, 11) is -3.61. The zero-order valence-electron chi connectivity index (χ0n) is 18.4. The Morgan fingerprint density at radius 2 is 1.62 bits per heavy atom. The fraction of sp³-hybridized carbons (Fsp3) is 0.250. The Balaban J connectivity index is 1.76. The molecule has 7 nitrogen and oxygen atoms in total. The van der Waals surface area contributed by atoms with Crippen LogP contribution >= 0.6 is 0 Å². The lowest BCUT2D eigenvalue weighted by molar-refractivity contribution is -0.0498. The lowest BCUT2D eigenvalue weighted by Gasteiger charge is -2.22. The van der Waals surface area contributed by atoms with Crippen LogP contribution in [0, 0.1) is 0 Å². The number of benzene rings is 3. The minimum atomic E-state index is -3.61. The fourth-order valence-corrected chi connectivity index (χ4v) is 4.02. The van der Waals surface area contributed by atoms with Crippen molar-refractivity contribution >= 4 is 15.7 Å². The SMILES string of the molecule is CS(=O)(=O)Nc1cc([C@@H](O)CN[C@H](Cc2ccccc2)c2ccc(OC(F)F)cc2)ccc1O. The van der Waals surface area contributed by atoms with Crippen molar-refractivity contribution in [2.24, 2.45) is 0 Å². The number of aliphatic hydroxyl groups excluding tert-OH is 1. The van der Waals surface area contributed by atoms with E-state index in [-0.39, 0.29) is 29.8 Å². The Kier molecular flexibility index (Phi) is 8.43. The van der Waals surface area contributed by atoms with Gasteiger partial charge in [-0.3, -0.25) is 4.72 Å². The van der Waals surface area contributed by atoms with Gasteiger partial charge in [0, 0.05) is 12.6 Å². The molecule has 3 rings (SSSR count). The van der Waals surface area contributed by atoms with E-state index >= 15 is 0 Å². The number of hydrogen-bond donors (Lipinski definition) is 4. The molecule has 0 heterocycles. The Labute approximate surface area is 197 Å². The van der Waals surface area contributed by atoms with Crippen molar-refractivity contribution in [3.05, 3.63) is 89.5 Å². The number of alkyl halides is 2. The van der Waals surface area contributed by atoms with Crippen LogP contribution in [0.2, 0.25) is 0 Å². The van der Waals surface area contributed by atoms with Crippen LogP contribution < -0.4 is 14.8 Å². The third-order valence-corrected chi connectivity index (χ3v) is 5.64. The second-order valence-corrected chi connectivity index (χ2v) is 9.51. The molecule has 34 heavy (non-hydrogen) atoms. The highest BCUT2D eigenvalue weighted by atomic mass is 32.2. The Morgan fingerprint density at radius 3 is 2.24 bits per heavy atom. The standard InChI is InChI=1S/C24H26F2N2O5S/c1-34(31,32)28-21-14-18(9-12-22(21)29)23(30)15-27-20(13-16-5-3-2-4-6-16)17-7-10-19(11-8-17)33-24(25)26/h2-12,14,20,23-24,27-30H,13,15H2,1H3/t20-,23+/m1/s1. The molecule has 4 N–H and O–H groups in total. The van der Waals surface area contributed by atoms with Gasteiger partial charge in [0.1, 0.15) is 11.5 Å². The molecule has 2 atom stereocenters. The summed E-state index contributed by atoms with van der Waals surface area (Å²) in [6.45, 7) is -2.80. The van der Waals surface area contributed by atoms with Gasteiger partial charge in [-0.2, -0.15) is 8.78 Å². The van der Waals surface area contributed by atoms with Gasteiger partial charge < -0.3 is 20.3 Å². The molecule has 182 valence electrons. The summed E-state index contributed by atoms with van der Waals surface area (Å²) in [5.74, 6) is -0.213. The maximum atomic E-state index is 12.5. The summed E-state index contributed by atoms with van der Waals surface area (Å²) in [6, 6.07) is 19.8. The van der Waals surface area contributed by atoms with Gasteiger partial charge in [0.15, 0.2) is 0 Å². The third-order valence-electron chi connectivity index (χ3n) is 5.05. The molecule has 0 aliphatic rings. The summed E-state index contributed by atoms with van der Waals surface area (Å²) >= 11 is 0. The second kappa shape index (κ2) is 11.3. The van der Waals surface area contributed by atoms with Crippen molar-refractivity contribution in [2.75, 3.05) is 17.5 Å². The lowest BCUT2D eigenvalue weighted by atomic mass is 9.98. The molecule has 0 fully saturated rings. The van der Waals surface area contributed by atoms with Crippen molar-refractivity contribution in [1.29, 1.82) is 0 Å². The average molecular weight is 493 g/mol. The van der Waals surface area contributed by atoms with Crippen molar-refractivity contribution in [2.45, 2.75) is 25.2 Å². The van der Waals surface area contributed by atoms with Gasteiger partial charge in [-0.15, -0.1) is 0 Å². The topological polar surface area (TPSA) is 108 Å². The summed E-state index contributed by atoms with van der Waals surface area (Å²) in [5.41, 5.74) is 2.21. The molecule has 0 aromatic heterocycles. The van der Waals surface area contributed by atoms with E-state index < -0.39 is 22.7 Å². The van der Waals surface area contributed by atoms with Gasteiger partial charge in [-0.1, -0.05) is 48.5 Å². The zero-order chi connectivity index (χ0) is 24.7. The number of aliphatic hydroxyl groups is 1. The molecular formula is C24H26F2N2O5S. The molecule has 0 aliphatic heterocycles. The molecular weight excluding hydrogens is 466 g/mol. The summed E-state index contributed by atoms with van der Waals surface area (Å²) in [6.07, 6.45) is 0.516. The van der Waals surface area contributed by atoms with Crippen molar-refractivity contribution in [3.63, 3.8) is 0 Å². The predicted octanol–water partition coefficient (Wildman–Crippen LogP) is 3.97. The van der Waals surface area contributed by atoms with Crippen LogP contribution in [0.5, 0.6) is 11.5 Å². The molecule has 0 unspecified atom stereocenters. The predicted molar refractivity (Wildman–Crippen MR) is 125 cm³/mol. The van der Waals surface area contributed by atoms with Gasteiger partial charge in [-0.25, -0.2) is 8.42 Å². The van der Waals surface area contributed by atoms with E-state index in [1.165, 1.54) is 30.3 Å². The normalized spacial score (nSPS) is 13.4. The first-order valence-corrected chi connectivity index (χ1v) is 12.3. The molecule has 3 aromatic rings. The van der Waals surface area contributed by atoms with Gasteiger partial charge >= 0.3 is 6.61 Å². The van der Waals surface area contributed by atoms with Gasteiger partial charge in [-0.05, 0) is 47.4 Å². The van der Waals surface area contributed by atoms with Crippen LogP contribution in [0.3, 0.4) is 0 Å². The van der Waals surface area contributed by atoms with Gasteiger partial charge in [0.2, 0.25) is 10.0 Å². The minimum Gasteiger partial charge on any atom is -0.506 e. The first-order chi connectivity index (χ1) is 16.1. The van der Waals surface area contributed by atoms with Crippen molar-refractivity contribution < 1.29 is 32.1 Å². The van der Waals surface area contributed by atoms with E-state index in [9.17, 15) is 27.4 Å². The molecule has 0 radical (unpaired) electrons. The van der Waals surface area contributed by atoms with Crippen LogP contribution in [0.15, 0.2) is 72.8 Å². The zero-order valence-corrected chi connectivity index (χ0v) is 19.2. The summed E-state index contributed by atoms with van der Waals surface area (Å²) < 4.78 is 54.6. The number of phenolic OH excluding ortho intramolecular Hbond substituents is 1. The Morgan fingerprint density at radius 1 is 0.971 bits per heavy atom. The van der Waals surface area contributed by atoms with E-state index in [0.717, 1.165) is 17.4 Å². The number of nitrogens with one attached hydrogen (secondary N) is 2. The van der Waals surface area contributed by atoms with Crippen LogP contribution in [-0.4, -0.2) is 38.0 Å². The number of phenols is 1. The number of sulfonamides is 1. The molecule has 0 amide bonds. The van der Waals surface area contributed by atoms with E-state index in [4.69, 9.17) is 0 Å². The average Bonchev–Trinajstić information content (AvgIpc) is 2.78. The van der Waals surface area contributed by atoms with Crippen molar-refractivity contribution in [1.82, 2.24) is 5.32 Å². The highest BCUT2D eigenvalue weighted by Crippen LogP contribution is 2.28. The molecule has 0 saturated carbocycles. The monoisotopic (exact) mass is 492 g/mol. The lowest BCUT2D eigenvalue weighted by Crippen LogP contribution is -2.28. The number of rotatable bonds is 11. The first-order valence-electron chi connectivity index (χ1n) is 10.4. The maximum absolute atomic E-state index is 12.5. The summed E-state index contributed by atoms with van der Waals surface area (Å²) in [4.78, 5) is 0. The van der Waals surface area contributed by atoms with Crippen molar-refractivity contribution in [3.8, 4) is 11.5 Å². The molecule has 0 aliphatic carbocycles. The molecule has 0 spiro atoms. The summed E-state index contributed by atoms with van der Waals surface area (Å²) in [5, 5.41) is 23.9. The molecule has 0 saturated heterocycles. The number of ether oxygens (including phenoxy) is 1. The molecule has 3 aromatic carbocycles. The molecule has 0 bridgehead atoms. The number of hydrogen-bond acceptors (Lipinski definition) is 6. The Bertz CT molecular complexity index is 1180. The number of aromatic hydroxyl groups is 1. The van der Waals surface area contributed by atoms with E-state index in [1.54, 1.807) is 12.1 Å². The van der Waals surface area contributed by atoms with Crippen LogP contribution in [0.1, 0.15) is 28.8 Å². The number of halogens is 2. The van der Waals surface area contributed by atoms with E-state index in [1.807, 2.05) is 30.3 Å². The number of anilines is 1. The molecule has 10 heteroatoms. The highest BCUT2D eigenvalue weighted by Gasteiger charge is 2.17. The van der Waals surface area contributed by atoms with Crippen LogP contribution in [-0.2, 0) is 16.4 Å². The quantitative estimate of drug-likeness (QED) is 0.302. The van der Waals surface area contributed by atoms with E-state index in [2.05, 4.69) is 14.8 Å². The second-order valence-electron chi connectivity index (χ2n) is 7.76. The van der Waals surface area contributed by atoms with E-state index in [0.29, 0.717) is 12.0 Å². The fourth-order valence-electron chi connectivity index (χ4n) is 3.45. The van der Waals surface area contributed by atoms with Gasteiger partial charge in [0.25, 0.3) is 0 Å². The highest BCUT2D eigenvalue weighted by molar-refractivity contribution is 7.92. The third kappa shape index (κ3) is 7.68. The Hall–Kier alpha value is -3.21. The van der Waals surface area contributed by atoms with Crippen LogP contribution in [0.4, 0.5) is 14.5 Å². The van der Waals surface area contributed by atoms with Crippen LogP contribution in [0.25, 0.3) is 0 Å². The largest absolute Gasteiger partial charge is 0.506 e. The van der Waals surface area contributed by atoms with Gasteiger partial charge in [0.05, 0.1) is 18.0 Å². The maximum Gasteiger partial charge on any atom is 0.387 e.